The highest BCUT2D eigenvalue weighted by Crippen LogP contribution is 2.33. The van der Waals surface area contributed by atoms with E-state index < -0.39 is 4.92 Å². The van der Waals surface area contributed by atoms with E-state index in [1.54, 1.807) is 12.1 Å². The van der Waals surface area contributed by atoms with Crippen LogP contribution in [0, 0.1) is 10.1 Å². The molecule has 0 heterocycles. The highest BCUT2D eigenvalue weighted by atomic mass is 16.6. The van der Waals surface area contributed by atoms with Crippen LogP contribution in [0.25, 0.3) is 10.8 Å². The molecule has 24 heavy (non-hydrogen) atoms. The molecule has 0 atom stereocenters. The molecular formula is C19H14N2O3. The van der Waals surface area contributed by atoms with Crippen molar-refractivity contribution in [2.24, 2.45) is 0 Å². The van der Waals surface area contributed by atoms with Crippen molar-refractivity contribution < 1.29 is 9.72 Å². The van der Waals surface area contributed by atoms with Gasteiger partial charge in [-0.25, -0.2) is 0 Å². The zero-order valence-electron chi connectivity index (χ0n) is 12.8. The van der Waals surface area contributed by atoms with E-state index in [0.717, 1.165) is 18.2 Å². The van der Waals surface area contributed by atoms with Crippen molar-refractivity contribution >= 4 is 28.1 Å². The first kappa shape index (κ1) is 14.4. The van der Waals surface area contributed by atoms with E-state index >= 15 is 0 Å². The van der Waals surface area contributed by atoms with Gasteiger partial charge in [0.05, 0.1) is 4.92 Å². The lowest BCUT2D eigenvalue weighted by Crippen LogP contribution is -2.12. The Bertz CT molecular complexity index is 985. The van der Waals surface area contributed by atoms with Gasteiger partial charge < -0.3 is 5.32 Å². The third-order valence-electron chi connectivity index (χ3n) is 4.44. The van der Waals surface area contributed by atoms with Crippen molar-refractivity contribution in [2.75, 3.05) is 5.32 Å². The second-order valence-electron chi connectivity index (χ2n) is 5.87. The average Bonchev–Trinajstić information content (AvgIpc) is 3.00. The molecule has 1 N–H and O–H groups in total. The summed E-state index contributed by atoms with van der Waals surface area (Å²) in [5.74, 6) is -0.258. The summed E-state index contributed by atoms with van der Waals surface area (Å²) >= 11 is 0. The van der Waals surface area contributed by atoms with E-state index in [2.05, 4.69) is 11.4 Å². The number of aryl methyl sites for hydroxylation is 2. The second kappa shape index (κ2) is 5.45. The summed E-state index contributed by atoms with van der Waals surface area (Å²) < 4.78 is 0. The highest BCUT2D eigenvalue weighted by molar-refractivity contribution is 6.14. The summed E-state index contributed by atoms with van der Waals surface area (Å²) in [6, 6.07) is 15.8. The largest absolute Gasteiger partial charge is 0.322 e. The molecule has 5 heteroatoms. The molecule has 3 aromatic carbocycles. The Morgan fingerprint density at radius 1 is 1.00 bits per heavy atom. The fourth-order valence-electron chi connectivity index (χ4n) is 3.34. The zero-order valence-corrected chi connectivity index (χ0v) is 12.8. The van der Waals surface area contributed by atoms with Gasteiger partial charge in [-0.1, -0.05) is 30.3 Å². The molecule has 0 saturated carbocycles. The molecule has 0 saturated heterocycles. The van der Waals surface area contributed by atoms with Crippen LogP contribution in [0.2, 0.25) is 0 Å². The summed E-state index contributed by atoms with van der Waals surface area (Å²) in [5, 5.41) is 15.7. The Morgan fingerprint density at radius 3 is 2.54 bits per heavy atom. The van der Waals surface area contributed by atoms with Crippen molar-refractivity contribution in [1.29, 1.82) is 0 Å². The molecule has 4 rings (SSSR count). The molecule has 0 fully saturated rings. The number of hydrogen-bond donors (Lipinski definition) is 1. The maximum absolute atomic E-state index is 12.7. The number of hydrogen-bond acceptors (Lipinski definition) is 3. The van der Waals surface area contributed by atoms with Crippen molar-refractivity contribution in [3.8, 4) is 0 Å². The Morgan fingerprint density at radius 2 is 1.75 bits per heavy atom. The minimum atomic E-state index is -0.478. The van der Waals surface area contributed by atoms with Gasteiger partial charge in [0.2, 0.25) is 0 Å². The molecule has 0 radical (unpaired) electrons. The van der Waals surface area contributed by atoms with Crippen molar-refractivity contribution in [1.82, 2.24) is 0 Å². The average molecular weight is 318 g/mol. The Labute approximate surface area is 138 Å². The molecule has 1 aliphatic carbocycles. The SMILES string of the molecule is O=C(Nc1cccc([N+](=O)[O-])c1)c1ccc2c3c(cccc13)CC2. The standard InChI is InChI=1S/C19H14N2O3/c22-19(20-14-4-2-5-15(11-14)21(23)24)17-10-9-13-8-7-12-3-1-6-16(17)18(12)13/h1-6,9-11H,7-8H2,(H,20,22). The van der Waals surface area contributed by atoms with E-state index in [1.807, 2.05) is 24.3 Å². The van der Waals surface area contributed by atoms with E-state index in [1.165, 1.54) is 28.6 Å². The maximum atomic E-state index is 12.7. The van der Waals surface area contributed by atoms with Crippen molar-refractivity contribution in [3.05, 3.63) is 81.4 Å². The summed E-state index contributed by atoms with van der Waals surface area (Å²) in [6.07, 6.45) is 2.01. The fraction of sp³-hybridized carbons (Fsp3) is 0.105. The Balaban J connectivity index is 1.72. The lowest BCUT2D eigenvalue weighted by atomic mass is 9.99. The van der Waals surface area contributed by atoms with Crippen LogP contribution < -0.4 is 5.32 Å². The number of anilines is 1. The normalized spacial score (nSPS) is 12.3. The zero-order chi connectivity index (χ0) is 16.7. The van der Waals surface area contributed by atoms with Crippen molar-refractivity contribution in [2.45, 2.75) is 12.8 Å². The molecule has 0 bridgehead atoms. The minimum absolute atomic E-state index is 0.0480. The molecule has 0 aromatic heterocycles. The molecule has 1 aliphatic rings. The van der Waals surface area contributed by atoms with Gasteiger partial charge in [0.15, 0.2) is 0 Å². The van der Waals surface area contributed by atoms with Gasteiger partial charge in [0.1, 0.15) is 0 Å². The molecule has 0 unspecified atom stereocenters. The van der Waals surface area contributed by atoms with Gasteiger partial charge in [-0.3, -0.25) is 14.9 Å². The molecule has 5 nitrogen and oxygen atoms in total. The fourth-order valence-corrected chi connectivity index (χ4v) is 3.34. The van der Waals surface area contributed by atoms with Crippen LogP contribution in [-0.2, 0) is 12.8 Å². The van der Waals surface area contributed by atoms with E-state index in [9.17, 15) is 14.9 Å². The van der Waals surface area contributed by atoms with Gasteiger partial charge in [-0.2, -0.15) is 0 Å². The van der Waals surface area contributed by atoms with Crippen LogP contribution in [0.15, 0.2) is 54.6 Å². The van der Waals surface area contributed by atoms with Crippen LogP contribution in [0.4, 0.5) is 11.4 Å². The molecule has 3 aromatic rings. The number of nitrogens with one attached hydrogen (secondary N) is 1. The van der Waals surface area contributed by atoms with E-state index in [-0.39, 0.29) is 11.6 Å². The van der Waals surface area contributed by atoms with Crippen LogP contribution in [0.3, 0.4) is 0 Å². The number of carbonyl (C=O) groups is 1. The third-order valence-corrected chi connectivity index (χ3v) is 4.44. The van der Waals surface area contributed by atoms with Gasteiger partial charge in [0.25, 0.3) is 11.6 Å². The predicted octanol–water partition coefficient (Wildman–Crippen LogP) is 4.10. The number of rotatable bonds is 3. The number of nitro benzene ring substituents is 1. The second-order valence-corrected chi connectivity index (χ2v) is 5.87. The smallest absolute Gasteiger partial charge is 0.271 e. The lowest BCUT2D eigenvalue weighted by Gasteiger charge is -2.10. The minimum Gasteiger partial charge on any atom is -0.322 e. The van der Waals surface area contributed by atoms with Gasteiger partial charge in [0, 0.05) is 23.4 Å². The molecule has 118 valence electrons. The summed E-state index contributed by atoms with van der Waals surface area (Å²) in [7, 11) is 0. The summed E-state index contributed by atoms with van der Waals surface area (Å²) in [4.78, 5) is 23.1. The number of benzene rings is 3. The monoisotopic (exact) mass is 318 g/mol. The van der Waals surface area contributed by atoms with E-state index in [4.69, 9.17) is 0 Å². The van der Waals surface area contributed by atoms with Crippen LogP contribution in [0.5, 0.6) is 0 Å². The first-order valence-electron chi connectivity index (χ1n) is 7.73. The molecule has 1 amide bonds. The molecular weight excluding hydrogens is 304 g/mol. The Hall–Kier alpha value is -3.21. The number of non-ortho nitro benzene ring substituents is 1. The third kappa shape index (κ3) is 2.31. The number of nitrogens with zero attached hydrogens (tertiary/aromatic N) is 1. The number of amides is 1. The highest BCUT2D eigenvalue weighted by Gasteiger charge is 2.19. The number of carbonyl (C=O) groups excluding carboxylic acids is 1. The van der Waals surface area contributed by atoms with Gasteiger partial charge in [-0.05, 0) is 46.9 Å². The summed E-state index contributed by atoms with van der Waals surface area (Å²) in [5.41, 5.74) is 3.50. The van der Waals surface area contributed by atoms with Crippen LogP contribution in [-0.4, -0.2) is 10.8 Å². The first-order valence-corrected chi connectivity index (χ1v) is 7.73. The van der Waals surface area contributed by atoms with Gasteiger partial charge >= 0.3 is 0 Å². The number of nitro groups is 1. The molecule has 0 aliphatic heterocycles. The lowest BCUT2D eigenvalue weighted by molar-refractivity contribution is -0.384. The van der Waals surface area contributed by atoms with Crippen LogP contribution >= 0.6 is 0 Å². The summed E-state index contributed by atoms with van der Waals surface area (Å²) in [6.45, 7) is 0. The topological polar surface area (TPSA) is 72.2 Å². The van der Waals surface area contributed by atoms with Crippen molar-refractivity contribution in [3.63, 3.8) is 0 Å². The Kier molecular flexibility index (Phi) is 3.27. The van der Waals surface area contributed by atoms with Gasteiger partial charge in [-0.15, -0.1) is 0 Å². The van der Waals surface area contributed by atoms with Crippen LogP contribution in [0.1, 0.15) is 21.5 Å². The molecule has 0 spiro atoms. The van der Waals surface area contributed by atoms with E-state index in [0.29, 0.717) is 11.3 Å². The predicted molar refractivity (Wildman–Crippen MR) is 92.4 cm³/mol. The first-order chi connectivity index (χ1) is 11.6. The quantitative estimate of drug-likeness (QED) is 0.584. The maximum Gasteiger partial charge on any atom is 0.271 e.